The second-order valence-corrected chi connectivity index (χ2v) is 11.2. The van der Waals surface area contributed by atoms with Crippen LogP contribution in [-0.2, 0) is 30.5 Å². The first-order chi connectivity index (χ1) is 17.2. The van der Waals surface area contributed by atoms with E-state index in [4.69, 9.17) is 14.3 Å². The van der Waals surface area contributed by atoms with Crippen LogP contribution in [0.25, 0.3) is 0 Å². The van der Waals surface area contributed by atoms with Gasteiger partial charge in [0.15, 0.2) is 5.78 Å². The third-order valence-corrected chi connectivity index (χ3v) is 9.33. The Morgan fingerprint density at radius 1 is 1.08 bits per heavy atom. The lowest BCUT2D eigenvalue weighted by Gasteiger charge is -2.60. The van der Waals surface area contributed by atoms with Crippen LogP contribution < -0.4 is 5.48 Å². The highest BCUT2D eigenvalue weighted by Crippen LogP contribution is 2.65. The molecule has 4 aliphatic rings. The number of carbonyl (C=O) groups excluding carboxylic acids is 3. The van der Waals surface area contributed by atoms with Crippen LogP contribution in [0.15, 0.2) is 54.1 Å². The van der Waals surface area contributed by atoms with Crippen molar-refractivity contribution in [3.05, 3.63) is 59.7 Å². The summed E-state index contributed by atoms with van der Waals surface area (Å²) in [5, 5.41) is 0. The summed E-state index contributed by atoms with van der Waals surface area (Å²) < 4.78 is 10.9. The van der Waals surface area contributed by atoms with E-state index in [-0.39, 0.29) is 41.7 Å². The van der Waals surface area contributed by atoms with E-state index in [9.17, 15) is 14.4 Å². The Morgan fingerprint density at radius 3 is 2.61 bits per heavy atom. The van der Waals surface area contributed by atoms with Crippen LogP contribution in [0.5, 0.6) is 0 Å². The summed E-state index contributed by atoms with van der Waals surface area (Å²) in [6.45, 7) is 5.86. The Bertz CT molecular complexity index is 1110. The van der Waals surface area contributed by atoms with Gasteiger partial charge in [-0.05, 0) is 68.1 Å². The average Bonchev–Trinajstić information content (AvgIpc) is 3.13. The molecule has 0 heterocycles. The molecule has 7 heteroatoms. The average molecular weight is 494 g/mol. The number of nitrogens with one attached hydrogen (secondary N) is 1. The summed E-state index contributed by atoms with van der Waals surface area (Å²) in [7, 11) is 0. The van der Waals surface area contributed by atoms with Gasteiger partial charge in [-0.25, -0.2) is 4.79 Å². The van der Waals surface area contributed by atoms with E-state index in [1.165, 1.54) is 12.5 Å². The Labute approximate surface area is 212 Å². The maximum atomic E-state index is 13.1. The van der Waals surface area contributed by atoms with Gasteiger partial charge in [-0.15, -0.1) is 0 Å². The first kappa shape index (κ1) is 24.8. The van der Waals surface area contributed by atoms with Gasteiger partial charge in [0.1, 0.15) is 18.3 Å². The number of esters is 1. The van der Waals surface area contributed by atoms with Gasteiger partial charge in [0.25, 0.3) is 0 Å². The zero-order valence-corrected chi connectivity index (χ0v) is 21.3. The van der Waals surface area contributed by atoms with Gasteiger partial charge in [0, 0.05) is 19.3 Å². The molecule has 2 saturated carbocycles. The van der Waals surface area contributed by atoms with Crippen molar-refractivity contribution in [2.45, 2.75) is 77.6 Å². The lowest BCUT2D eigenvalue weighted by atomic mass is 9.46. The molecule has 1 amide bonds. The normalized spacial score (nSPS) is 36.7. The molecule has 4 aliphatic carbocycles. The SMILES string of the molecule is CC(=O)O[C@H]1CC[C@@]2(C)C(=CC[C@@H]3[C@@H]2CC[C@]2(C)C(=O)C=C[C@]32ONC(=O)OCc2ccccc2)C1. The van der Waals surface area contributed by atoms with Gasteiger partial charge in [-0.2, -0.15) is 5.48 Å². The number of amides is 1. The van der Waals surface area contributed by atoms with Crippen molar-refractivity contribution in [3.8, 4) is 0 Å². The van der Waals surface area contributed by atoms with Crippen LogP contribution in [0.1, 0.15) is 64.9 Å². The van der Waals surface area contributed by atoms with Crippen molar-refractivity contribution in [2.24, 2.45) is 22.7 Å². The molecule has 0 unspecified atom stereocenters. The van der Waals surface area contributed by atoms with E-state index in [1.807, 2.05) is 43.3 Å². The fraction of sp³-hybridized carbons (Fsp3) is 0.552. The standard InChI is InChI=1S/C29H35NO6/c1-19(31)35-22-11-14-27(2)21(17-22)9-10-24-23(27)12-15-28(3)25(32)13-16-29(24,28)36-30-26(33)34-18-20-7-5-4-6-8-20/h4-9,13,16,22-24H,10-12,14-15,17-18H2,1-3H3,(H,30,33)/t22-,23-,24+,27-,28+,29-/m0/s1. The van der Waals surface area contributed by atoms with Crippen LogP contribution in [0, 0.1) is 22.7 Å². The molecule has 1 N–H and O–H groups in total. The number of carbonyl (C=O) groups is 3. The number of hydrogen-bond acceptors (Lipinski definition) is 6. The molecular formula is C29H35NO6. The molecule has 7 nitrogen and oxygen atoms in total. The third-order valence-electron chi connectivity index (χ3n) is 9.33. The van der Waals surface area contributed by atoms with Crippen LogP contribution >= 0.6 is 0 Å². The van der Waals surface area contributed by atoms with Gasteiger partial charge in [-0.1, -0.05) is 48.9 Å². The van der Waals surface area contributed by atoms with Gasteiger partial charge in [0.2, 0.25) is 0 Å². The van der Waals surface area contributed by atoms with E-state index in [2.05, 4.69) is 18.5 Å². The maximum absolute atomic E-state index is 13.1. The molecule has 192 valence electrons. The van der Waals surface area contributed by atoms with Crippen molar-refractivity contribution >= 4 is 17.8 Å². The zero-order chi connectivity index (χ0) is 25.6. The molecule has 6 atom stereocenters. The van der Waals surface area contributed by atoms with Crippen LogP contribution in [0.3, 0.4) is 0 Å². The number of benzene rings is 1. The smallest absolute Gasteiger partial charge is 0.431 e. The summed E-state index contributed by atoms with van der Waals surface area (Å²) in [6, 6.07) is 9.45. The van der Waals surface area contributed by atoms with E-state index < -0.39 is 17.1 Å². The third kappa shape index (κ3) is 3.97. The predicted octanol–water partition coefficient (Wildman–Crippen LogP) is 5.21. The minimum absolute atomic E-state index is 0.0207. The molecule has 0 spiro atoms. The van der Waals surface area contributed by atoms with E-state index in [0.29, 0.717) is 6.42 Å². The van der Waals surface area contributed by atoms with E-state index >= 15 is 0 Å². The Hall–Kier alpha value is -2.93. The minimum atomic E-state index is -0.948. The number of hydroxylamine groups is 1. The fourth-order valence-corrected chi connectivity index (χ4v) is 7.30. The number of allylic oxidation sites excluding steroid dienone is 2. The van der Waals surface area contributed by atoms with Gasteiger partial charge < -0.3 is 9.47 Å². The van der Waals surface area contributed by atoms with Crippen molar-refractivity contribution in [3.63, 3.8) is 0 Å². The number of ether oxygens (including phenoxy) is 2. The van der Waals surface area contributed by atoms with Crippen LogP contribution in [-0.4, -0.2) is 29.6 Å². The highest BCUT2D eigenvalue weighted by atomic mass is 16.7. The van der Waals surface area contributed by atoms with Crippen molar-refractivity contribution in [2.75, 3.05) is 0 Å². The fourth-order valence-electron chi connectivity index (χ4n) is 7.30. The molecule has 0 aliphatic heterocycles. The Kier molecular flexibility index (Phi) is 6.31. The largest absolute Gasteiger partial charge is 0.462 e. The molecular weight excluding hydrogens is 458 g/mol. The number of ketones is 1. The second-order valence-electron chi connectivity index (χ2n) is 11.2. The number of rotatable bonds is 5. The summed E-state index contributed by atoms with van der Waals surface area (Å²) in [5.74, 6) is 0.103. The van der Waals surface area contributed by atoms with Crippen LogP contribution in [0.4, 0.5) is 4.79 Å². The van der Waals surface area contributed by atoms with E-state index in [0.717, 1.165) is 37.7 Å². The van der Waals surface area contributed by atoms with Crippen molar-refractivity contribution in [1.29, 1.82) is 0 Å². The molecule has 5 rings (SSSR count). The Balaban J connectivity index is 1.36. The summed E-state index contributed by atoms with van der Waals surface area (Å²) >= 11 is 0. The van der Waals surface area contributed by atoms with Gasteiger partial charge in [-0.3, -0.25) is 14.4 Å². The molecule has 1 aromatic rings. The summed E-state index contributed by atoms with van der Waals surface area (Å²) in [5.41, 5.74) is 2.99. The topological polar surface area (TPSA) is 90.9 Å². The van der Waals surface area contributed by atoms with Crippen molar-refractivity contribution in [1.82, 2.24) is 5.48 Å². The lowest BCUT2D eigenvalue weighted by molar-refractivity contribution is -0.205. The van der Waals surface area contributed by atoms with Gasteiger partial charge >= 0.3 is 12.1 Å². The monoisotopic (exact) mass is 493 g/mol. The first-order valence-electron chi connectivity index (χ1n) is 12.9. The maximum Gasteiger partial charge on any atom is 0.431 e. The van der Waals surface area contributed by atoms with Gasteiger partial charge in [0.05, 0.1) is 5.41 Å². The molecule has 2 fully saturated rings. The molecule has 0 aromatic heterocycles. The lowest BCUT2D eigenvalue weighted by Crippen LogP contribution is -2.63. The van der Waals surface area contributed by atoms with Crippen LogP contribution in [0.2, 0.25) is 0 Å². The van der Waals surface area contributed by atoms with Crippen molar-refractivity contribution < 1.29 is 28.7 Å². The second kappa shape index (κ2) is 9.18. The predicted molar refractivity (Wildman–Crippen MR) is 132 cm³/mol. The minimum Gasteiger partial charge on any atom is -0.462 e. The molecule has 1 aromatic carbocycles. The molecule has 36 heavy (non-hydrogen) atoms. The molecule has 0 bridgehead atoms. The zero-order valence-electron chi connectivity index (χ0n) is 21.3. The highest BCUT2D eigenvalue weighted by Gasteiger charge is 2.67. The number of fused-ring (bicyclic) bond motifs is 5. The highest BCUT2D eigenvalue weighted by molar-refractivity contribution is 5.99. The first-order valence-corrected chi connectivity index (χ1v) is 12.9. The number of hydrogen-bond donors (Lipinski definition) is 1. The molecule has 0 saturated heterocycles. The molecule has 0 radical (unpaired) electrons. The quantitative estimate of drug-likeness (QED) is 0.344. The summed E-state index contributed by atoms with van der Waals surface area (Å²) in [6.07, 6.45) is 9.81. The summed E-state index contributed by atoms with van der Waals surface area (Å²) in [4.78, 5) is 43.5. The Morgan fingerprint density at radius 2 is 1.86 bits per heavy atom. The van der Waals surface area contributed by atoms with E-state index in [1.54, 1.807) is 6.08 Å².